The van der Waals surface area contributed by atoms with Crippen LogP contribution in [-0.2, 0) is 20.7 Å². The molecule has 6 nitrogen and oxygen atoms in total. The van der Waals surface area contributed by atoms with Crippen LogP contribution >= 0.6 is 0 Å². The lowest BCUT2D eigenvalue weighted by molar-refractivity contribution is -0.158. The number of hydrogen-bond acceptors (Lipinski definition) is 5. The van der Waals surface area contributed by atoms with Gasteiger partial charge in [-0.1, -0.05) is 56.9 Å². The van der Waals surface area contributed by atoms with Gasteiger partial charge in [0.05, 0.1) is 18.7 Å². The number of nitrogens with zero attached hydrogens (tertiary/aromatic N) is 1. The quantitative estimate of drug-likeness (QED) is 0.194. The number of esters is 1. The fourth-order valence-corrected chi connectivity index (χ4v) is 11.0. The monoisotopic (exact) mass is 589 g/mol. The van der Waals surface area contributed by atoms with Gasteiger partial charge in [-0.2, -0.15) is 0 Å². The van der Waals surface area contributed by atoms with Crippen molar-refractivity contribution in [3.8, 4) is 12.3 Å². The first-order valence-electron chi connectivity index (χ1n) is 17.0. The minimum Gasteiger partial charge on any atom is -0.428 e. The zero-order chi connectivity index (χ0) is 30.2. The Bertz CT molecular complexity index is 1220. The normalized spacial score (nSPS) is 37.7. The third-order valence-corrected chi connectivity index (χ3v) is 13.1. The molecular weight excluding hydrogens is 538 g/mol. The van der Waals surface area contributed by atoms with Crippen molar-refractivity contribution in [1.29, 1.82) is 0 Å². The number of fused-ring (bicyclic) bond motifs is 6. The van der Waals surface area contributed by atoms with Gasteiger partial charge in [0.25, 0.3) is 0 Å². The van der Waals surface area contributed by atoms with Gasteiger partial charge in [-0.05, 0) is 122 Å². The molecular formula is C37H51NO5. The van der Waals surface area contributed by atoms with E-state index in [-0.39, 0.29) is 31.5 Å². The van der Waals surface area contributed by atoms with Crippen LogP contribution in [0.15, 0.2) is 24.3 Å². The van der Waals surface area contributed by atoms with Crippen LogP contribution in [0.4, 0.5) is 4.79 Å². The number of aliphatic hydroxyl groups excluding tert-OH is 1. The fourth-order valence-electron chi connectivity index (χ4n) is 11.0. The van der Waals surface area contributed by atoms with Gasteiger partial charge in [-0.3, -0.25) is 9.69 Å². The van der Waals surface area contributed by atoms with E-state index >= 15 is 0 Å². The first-order chi connectivity index (χ1) is 20.8. The molecule has 4 saturated carbocycles. The molecule has 0 aromatic heterocycles. The van der Waals surface area contributed by atoms with Gasteiger partial charge in [0.15, 0.2) is 0 Å². The number of carbonyl (C=O) groups is 2. The molecule has 6 heteroatoms. The average molecular weight is 590 g/mol. The Morgan fingerprint density at radius 1 is 1.00 bits per heavy atom. The molecule has 0 radical (unpaired) electrons. The molecule has 6 rings (SSSR count). The van der Waals surface area contributed by atoms with Crippen molar-refractivity contribution in [1.82, 2.24) is 4.90 Å². The molecule has 5 aliphatic rings. The van der Waals surface area contributed by atoms with Gasteiger partial charge in [0.2, 0.25) is 6.79 Å². The van der Waals surface area contributed by atoms with Crippen LogP contribution in [0.25, 0.3) is 0 Å². The fraction of sp³-hybridized carbons (Fsp3) is 0.730. The Morgan fingerprint density at radius 3 is 2.65 bits per heavy atom. The predicted molar refractivity (Wildman–Crippen MR) is 166 cm³/mol. The minimum absolute atomic E-state index is 0.119. The van der Waals surface area contributed by atoms with Crippen LogP contribution in [0.5, 0.6) is 0 Å². The molecule has 0 spiro atoms. The lowest BCUT2D eigenvalue weighted by atomic mass is 9.44. The SMILES string of the molecule is C#CCN(C(=O)OCOC(=O)CCC[C@H]1CCC2C3C[C@H](O)C4CCCCC4(C)[C@H]3CCC21C)C1CCc2ccccc21. The number of amides is 1. The first kappa shape index (κ1) is 30.5. The topological polar surface area (TPSA) is 76.1 Å². The summed E-state index contributed by atoms with van der Waals surface area (Å²) in [5.41, 5.74) is 2.95. The van der Waals surface area contributed by atoms with Gasteiger partial charge < -0.3 is 14.6 Å². The molecule has 1 N–H and O–H groups in total. The van der Waals surface area contributed by atoms with Gasteiger partial charge in [0.1, 0.15) is 0 Å². The molecule has 1 aromatic carbocycles. The smallest absolute Gasteiger partial charge is 0.413 e. The van der Waals surface area contributed by atoms with E-state index in [4.69, 9.17) is 15.9 Å². The number of rotatable bonds is 8. The molecule has 4 fully saturated rings. The molecule has 234 valence electrons. The van der Waals surface area contributed by atoms with Gasteiger partial charge in [0, 0.05) is 6.42 Å². The second-order valence-electron chi connectivity index (χ2n) is 14.9. The van der Waals surface area contributed by atoms with Crippen LogP contribution in [0.1, 0.15) is 114 Å². The van der Waals surface area contributed by atoms with E-state index in [1.807, 2.05) is 18.2 Å². The molecule has 0 bridgehead atoms. The summed E-state index contributed by atoms with van der Waals surface area (Å²) >= 11 is 0. The third-order valence-electron chi connectivity index (χ3n) is 13.1. The highest BCUT2D eigenvalue weighted by atomic mass is 16.7. The first-order valence-corrected chi connectivity index (χ1v) is 17.0. The van der Waals surface area contributed by atoms with Crippen molar-refractivity contribution in [2.24, 2.45) is 40.4 Å². The highest BCUT2D eigenvalue weighted by Crippen LogP contribution is 2.67. The summed E-state index contributed by atoms with van der Waals surface area (Å²) in [6.07, 6.45) is 19.9. The number of terminal acetylenes is 1. The van der Waals surface area contributed by atoms with Crippen molar-refractivity contribution in [2.45, 2.75) is 116 Å². The van der Waals surface area contributed by atoms with Crippen molar-refractivity contribution in [3.05, 3.63) is 35.4 Å². The summed E-state index contributed by atoms with van der Waals surface area (Å²) < 4.78 is 10.7. The van der Waals surface area contributed by atoms with E-state index in [0.717, 1.165) is 43.6 Å². The second kappa shape index (κ2) is 12.5. The second-order valence-corrected chi connectivity index (χ2v) is 14.9. The maximum absolute atomic E-state index is 12.9. The van der Waals surface area contributed by atoms with Crippen LogP contribution in [-0.4, -0.2) is 41.5 Å². The molecule has 0 saturated heterocycles. The number of aliphatic hydroxyl groups is 1. The lowest BCUT2D eigenvalue weighted by Gasteiger charge is -2.61. The Balaban J connectivity index is 0.963. The van der Waals surface area contributed by atoms with E-state index in [1.54, 1.807) is 4.90 Å². The van der Waals surface area contributed by atoms with Crippen LogP contribution in [0, 0.1) is 52.8 Å². The highest BCUT2D eigenvalue weighted by molar-refractivity contribution is 5.71. The maximum Gasteiger partial charge on any atom is 0.413 e. The molecule has 9 atom stereocenters. The summed E-state index contributed by atoms with van der Waals surface area (Å²) in [5.74, 6) is 5.45. The van der Waals surface area contributed by atoms with Crippen molar-refractivity contribution < 1.29 is 24.2 Å². The van der Waals surface area contributed by atoms with E-state index in [2.05, 4.69) is 25.8 Å². The van der Waals surface area contributed by atoms with Gasteiger partial charge >= 0.3 is 12.1 Å². The van der Waals surface area contributed by atoms with Crippen molar-refractivity contribution >= 4 is 12.1 Å². The molecule has 6 unspecified atom stereocenters. The van der Waals surface area contributed by atoms with Gasteiger partial charge in [-0.15, -0.1) is 6.42 Å². The molecule has 5 aliphatic carbocycles. The van der Waals surface area contributed by atoms with Crippen molar-refractivity contribution in [3.63, 3.8) is 0 Å². The van der Waals surface area contributed by atoms with E-state index in [1.165, 1.54) is 56.9 Å². The van der Waals surface area contributed by atoms with Crippen LogP contribution in [0.2, 0.25) is 0 Å². The third kappa shape index (κ3) is 5.60. The van der Waals surface area contributed by atoms with E-state index in [0.29, 0.717) is 40.9 Å². The Labute approximate surface area is 258 Å². The number of benzene rings is 1. The summed E-state index contributed by atoms with van der Waals surface area (Å²) in [6, 6.07) is 7.98. The number of carbonyl (C=O) groups excluding carboxylic acids is 2. The lowest BCUT2D eigenvalue weighted by Crippen LogP contribution is -2.56. The molecule has 0 heterocycles. The summed E-state index contributed by atoms with van der Waals surface area (Å²) in [5, 5.41) is 11.2. The molecule has 1 aromatic rings. The summed E-state index contributed by atoms with van der Waals surface area (Å²) in [4.78, 5) is 27.0. The van der Waals surface area contributed by atoms with Crippen LogP contribution < -0.4 is 0 Å². The predicted octanol–water partition coefficient (Wildman–Crippen LogP) is 7.44. The molecule has 43 heavy (non-hydrogen) atoms. The standard InChI is InChI=1S/C37H51NO5/c1-4-22-38(32-18-15-25-10-5-6-12-27(25)32)35(41)43-24-42-34(40)14-9-11-26-16-17-29-28-23-33(39)31-13-7-8-20-37(31,3)30(28)19-21-36(26,29)2/h1,5-6,10,12,26,28-33,39H,7-9,11,13-24H2,2-3H3/t26-,28?,29?,30-,31?,32?,33-,36?,37?/m0/s1. The van der Waals surface area contributed by atoms with E-state index in [9.17, 15) is 14.7 Å². The molecule has 0 aliphatic heterocycles. The summed E-state index contributed by atoms with van der Waals surface area (Å²) in [7, 11) is 0. The summed E-state index contributed by atoms with van der Waals surface area (Å²) in [6.45, 7) is 4.78. The Kier molecular flexibility index (Phi) is 8.84. The average Bonchev–Trinajstić information content (AvgIpc) is 3.57. The molecule has 1 amide bonds. The zero-order valence-electron chi connectivity index (χ0n) is 26.3. The maximum atomic E-state index is 12.9. The Hall–Kier alpha value is -2.52. The largest absolute Gasteiger partial charge is 0.428 e. The number of hydrogen-bond donors (Lipinski definition) is 1. The number of aryl methyl sites for hydroxylation is 1. The Morgan fingerprint density at radius 2 is 1.81 bits per heavy atom. The number of ether oxygens (including phenoxy) is 2. The van der Waals surface area contributed by atoms with Gasteiger partial charge in [-0.25, -0.2) is 4.79 Å². The van der Waals surface area contributed by atoms with Crippen molar-refractivity contribution in [2.75, 3.05) is 13.3 Å². The van der Waals surface area contributed by atoms with E-state index < -0.39 is 6.09 Å². The minimum atomic E-state index is -0.547. The zero-order valence-corrected chi connectivity index (χ0v) is 26.3. The van der Waals surface area contributed by atoms with Crippen LogP contribution in [0.3, 0.4) is 0 Å². The highest BCUT2D eigenvalue weighted by Gasteiger charge is 2.61.